The summed E-state index contributed by atoms with van der Waals surface area (Å²) in [6, 6.07) is 34.3. The van der Waals surface area contributed by atoms with Gasteiger partial charge in [0.1, 0.15) is 5.75 Å². The lowest BCUT2D eigenvalue weighted by Crippen LogP contribution is -2.16. The molecule has 0 aliphatic rings. The molecule has 0 atom stereocenters. The number of ether oxygens (including phenoxy) is 1. The molecule has 5 nitrogen and oxygen atoms in total. The van der Waals surface area contributed by atoms with Gasteiger partial charge in [0.25, 0.3) is 0 Å². The number of benzene rings is 4. The van der Waals surface area contributed by atoms with Gasteiger partial charge in [0.05, 0.1) is 0 Å². The van der Waals surface area contributed by atoms with E-state index in [0.717, 1.165) is 17.1 Å². The number of nitrogens with zero attached hydrogens (tertiary/aromatic N) is 1. The number of amides is 1. The zero-order valence-corrected chi connectivity index (χ0v) is 16.2. The third-order valence-electron chi connectivity index (χ3n) is 4.49. The first-order valence-electron chi connectivity index (χ1n) is 9.54. The third kappa shape index (κ3) is 4.59. The molecule has 4 aromatic carbocycles. The van der Waals surface area contributed by atoms with E-state index >= 15 is 0 Å². The van der Waals surface area contributed by atoms with Crippen LogP contribution >= 0.6 is 0 Å². The van der Waals surface area contributed by atoms with E-state index < -0.39 is 6.09 Å². The predicted molar refractivity (Wildman–Crippen MR) is 122 cm³/mol. The lowest BCUT2D eigenvalue weighted by atomic mass is 10.2. The average Bonchev–Trinajstić information content (AvgIpc) is 2.78. The summed E-state index contributed by atoms with van der Waals surface area (Å²) in [5, 5.41) is 2.70. The van der Waals surface area contributed by atoms with E-state index in [1.54, 1.807) is 24.3 Å². The predicted octanol–water partition coefficient (Wildman–Crippen LogP) is 6.35. The molecule has 0 saturated heterocycles. The molecule has 0 spiro atoms. The number of rotatable bonds is 5. The fraction of sp³-hybridized carbons (Fsp3) is 0. The van der Waals surface area contributed by atoms with Crippen LogP contribution in [0, 0.1) is 0 Å². The summed E-state index contributed by atoms with van der Waals surface area (Å²) in [5.74, 6) is 0.456. The van der Waals surface area contributed by atoms with Crippen molar-refractivity contribution in [3.63, 3.8) is 0 Å². The molecule has 0 heterocycles. The molecule has 30 heavy (non-hydrogen) atoms. The van der Waals surface area contributed by atoms with Crippen molar-refractivity contribution < 1.29 is 9.53 Å². The molecule has 0 bridgehead atoms. The smallest absolute Gasteiger partial charge is 0.410 e. The van der Waals surface area contributed by atoms with E-state index in [4.69, 9.17) is 10.5 Å². The molecule has 0 aliphatic heterocycles. The Morgan fingerprint density at radius 2 is 1.17 bits per heavy atom. The second-order valence-electron chi connectivity index (χ2n) is 6.64. The van der Waals surface area contributed by atoms with E-state index in [2.05, 4.69) is 10.2 Å². The molecule has 148 valence electrons. The van der Waals surface area contributed by atoms with Crippen LogP contribution in [0.3, 0.4) is 0 Å². The Balaban J connectivity index is 1.55. The van der Waals surface area contributed by atoms with Gasteiger partial charge >= 0.3 is 6.09 Å². The number of nitrogens with one attached hydrogen (secondary N) is 1. The van der Waals surface area contributed by atoms with Gasteiger partial charge in [-0.05, 0) is 72.8 Å². The molecule has 0 radical (unpaired) electrons. The maximum absolute atomic E-state index is 12.1. The number of nitrogen functional groups attached to an aromatic ring is 1. The van der Waals surface area contributed by atoms with Crippen molar-refractivity contribution in [2.24, 2.45) is 0 Å². The molecule has 0 fully saturated rings. The van der Waals surface area contributed by atoms with Crippen LogP contribution in [0.25, 0.3) is 0 Å². The van der Waals surface area contributed by atoms with E-state index in [9.17, 15) is 4.79 Å². The maximum atomic E-state index is 12.1. The number of hydrogen-bond acceptors (Lipinski definition) is 4. The summed E-state index contributed by atoms with van der Waals surface area (Å²) in [6.07, 6.45) is -0.535. The highest BCUT2D eigenvalue weighted by molar-refractivity contribution is 5.86. The highest BCUT2D eigenvalue weighted by Crippen LogP contribution is 2.35. The van der Waals surface area contributed by atoms with Crippen LogP contribution in [-0.4, -0.2) is 6.09 Å². The van der Waals surface area contributed by atoms with Crippen LogP contribution in [0.1, 0.15) is 0 Å². The van der Waals surface area contributed by atoms with Crippen molar-refractivity contribution in [1.82, 2.24) is 0 Å². The van der Waals surface area contributed by atoms with Crippen molar-refractivity contribution in [3.8, 4) is 5.75 Å². The molecule has 0 saturated carbocycles. The normalized spacial score (nSPS) is 10.3. The Bertz CT molecular complexity index is 1100. The molecule has 1 amide bonds. The van der Waals surface area contributed by atoms with Gasteiger partial charge in [0, 0.05) is 28.4 Å². The second kappa shape index (κ2) is 8.84. The summed E-state index contributed by atoms with van der Waals surface area (Å²) in [7, 11) is 0. The van der Waals surface area contributed by atoms with Gasteiger partial charge in [0.15, 0.2) is 0 Å². The van der Waals surface area contributed by atoms with Crippen molar-refractivity contribution >= 4 is 34.5 Å². The van der Waals surface area contributed by atoms with Crippen LogP contribution in [0.4, 0.5) is 33.2 Å². The first-order valence-corrected chi connectivity index (χ1v) is 9.54. The minimum atomic E-state index is -0.535. The molecular formula is C25H21N3O2. The Kier molecular flexibility index (Phi) is 5.62. The van der Waals surface area contributed by atoms with E-state index in [-0.39, 0.29) is 0 Å². The average molecular weight is 395 g/mol. The van der Waals surface area contributed by atoms with Gasteiger partial charge in [-0.25, -0.2) is 4.79 Å². The van der Waals surface area contributed by atoms with Crippen LogP contribution in [0.5, 0.6) is 5.75 Å². The van der Waals surface area contributed by atoms with Crippen molar-refractivity contribution in [3.05, 3.63) is 109 Å². The minimum absolute atomic E-state index is 0.456. The molecule has 0 aromatic heterocycles. The lowest BCUT2D eigenvalue weighted by molar-refractivity contribution is 0.215. The Morgan fingerprint density at radius 3 is 1.77 bits per heavy atom. The molecule has 4 aromatic rings. The minimum Gasteiger partial charge on any atom is -0.410 e. The van der Waals surface area contributed by atoms with Gasteiger partial charge in [-0.15, -0.1) is 0 Å². The first kappa shape index (κ1) is 19.1. The largest absolute Gasteiger partial charge is 0.417 e. The summed E-state index contributed by atoms with van der Waals surface area (Å²) >= 11 is 0. The number of carbonyl (C=O) groups is 1. The third-order valence-corrected chi connectivity index (χ3v) is 4.49. The SMILES string of the molecule is Nc1ccc(N(c2ccccc2)c2ccc(OC(=O)Nc3ccccc3)cc2)cc1. The number of carbonyl (C=O) groups excluding carboxylic acids is 1. The van der Waals surface area contributed by atoms with Crippen LogP contribution in [0.2, 0.25) is 0 Å². The Labute approximate surface area is 175 Å². The van der Waals surface area contributed by atoms with Gasteiger partial charge in [-0.1, -0.05) is 36.4 Å². The topological polar surface area (TPSA) is 67.6 Å². The van der Waals surface area contributed by atoms with Crippen molar-refractivity contribution in [2.45, 2.75) is 0 Å². The highest BCUT2D eigenvalue weighted by atomic mass is 16.6. The van der Waals surface area contributed by atoms with Crippen LogP contribution in [-0.2, 0) is 0 Å². The van der Waals surface area contributed by atoms with Gasteiger partial charge in [0.2, 0.25) is 0 Å². The molecule has 0 aliphatic carbocycles. The molecule has 0 unspecified atom stereocenters. The fourth-order valence-electron chi connectivity index (χ4n) is 3.08. The van der Waals surface area contributed by atoms with E-state index in [1.165, 1.54) is 0 Å². The zero-order chi connectivity index (χ0) is 20.8. The van der Waals surface area contributed by atoms with E-state index in [0.29, 0.717) is 17.1 Å². The number of hydrogen-bond donors (Lipinski definition) is 2. The lowest BCUT2D eigenvalue weighted by Gasteiger charge is -2.25. The summed E-state index contributed by atoms with van der Waals surface area (Å²) in [5.41, 5.74) is 10.2. The molecule has 5 heteroatoms. The standard InChI is InChI=1S/C25H21N3O2/c26-19-11-13-22(14-12-19)28(21-9-5-2-6-10-21)23-15-17-24(18-16-23)30-25(29)27-20-7-3-1-4-8-20/h1-18H,26H2,(H,27,29). The quantitative estimate of drug-likeness (QED) is 0.386. The van der Waals surface area contributed by atoms with Crippen molar-refractivity contribution in [1.29, 1.82) is 0 Å². The number of nitrogens with two attached hydrogens (primary N) is 1. The number of para-hydroxylation sites is 2. The van der Waals surface area contributed by atoms with Gasteiger partial charge in [-0.3, -0.25) is 5.32 Å². The van der Waals surface area contributed by atoms with Gasteiger partial charge < -0.3 is 15.4 Å². The summed E-state index contributed by atoms with van der Waals surface area (Å²) in [4.78, 5) is 14.2. The van der Waals surface area contributed by atoms with Crippen molar-refractivity contribution in [2.75, 3.05) is 16.0 Å². The maximum Gasteiger partial charge on any atom is 0.417 e. The summed E-state index contributed by atoms with van der Waals surface area (Å²) < 4.78 is 5.40. The number of anilines is 5. The molecule has 4 rings (SSSR count). The first-order chi connectivity index (χ1) is 14.7. The molecular weight excluding hydrogens is 374 g/mol. The summed E-state index contributed by atoms with van der Waals surface area (Å²) in [6.45, 7) is 0. The monoisotopic (exact) mass is 395 g/mol. The second-order valence-corrected chi connectivity index (χ2v) is 6.64. The van der Waals surface area contributed by atoms with Crippen LogP contribution < -0.4 is 20.7 Å². The zero-order valence-electron chi connectivity index (χ0n) is 16.2. The van der Waals surface area contributed by atoms with Gasteiger partial charge in [-0.2, -0.15) is 0 Å². The highest BCUT2D eigenvalue weighted by Gasteiger charge is 2.13. The Hall–Kier alpha value is -4.25. The van der Waals surface area contributed by atoms with Crippen LogP contribution in [0.15, 0.2) is 109 Å². The molecule has 3 N–H and O–H groups in total. The fourth-order valence-corrected chi connectivity index (χ4v) is 3.08. The Morgan fingerprint density at radius 1 is 0.667 bits per heavy atom. The van der Waals surface area contributed by atoms with E-state index in [1.807, 2.05) is 84.9 Å².